The molecule has 1 amide bonds. The van der Waals surface area contributed by atoms with Gasteiger partial charge in [-0.15, -0.1) is 0 Å². The number of hydrogen-bond acceptors (Lipinski definition) is 2. The number of nitrogens with two attached hydrogens (primary N) is 1. The molecule has 0 aliphatic heterocycles. The van der Waals surface area contributed by atoms with Crippen LogP contribution in [0.1, 0.15) is 46.0 Å². The van der Waals surface area contributed by atoms with E-state index in [4.69, 9.17) is 5.73 Å². The van der Waals surface area contributed by atoms with Crippen LogP contribution < -0.4 is 11.1 Å². The van der Waals surface area contributed by atoms with Gasteiger partial charge < -0.3 is 11.1 Å². The summed E-state index contributed by atoms with van der Waals surface area (Å²) in [5.41, 5.74) is 5.56. The third kappa shape index (κ3) is 4.09. The summed E-state index contributed by atoms with van der Waals surface area (Å²) >= 11 is 0. The molecule has 0 saturated heterocycles. The first-order valence-electron chi connectivity index (χ1n) is 5.63. The Morgan fingerprint density at radius 1 is 1.43 bits per heavy atom. The largest absolute Gasteiger partial charge is 0.353 e. The summed E-state index contributed by atoms with van der Waals surface area (Å²) in [4.78, 5) is 11.4. The molecule has 3 N–H and O–H groups in total. The topological polar surface area (TPSA) is 55.1 Å². The summed E-state index contributed by atoms with van der Waals surface area (Å²) in [6.07, 6.45) is 5.19. The molecule has 1 saturated carbocycles. The van der Waals surface area contributed by atoms with Crippen molar-refractivity contribution < 1.29 is 4.79 Å². The molecule has 1 atom stereocenters. The molecule has 1 aliphatic carbocycles. The molecule has 0 radical (unpaired) electrons. The van der Waals surface area contributed by atoms with E-state index < -0.39 is 0 Å². The van der Waals surface area contributed by atoms with Crippen molar-refractivity contribution >= 4 is 5.91 Å². The lowest BCUT2D eigenvalue weighted by Gasteiger charge is -2.27. The van der Waals surface area contributed by atoms with Gasteiger partial charge in [-0.1, -0.05) is 6.92 Å². The molecule has 1 fully saturated rings. The predicted molar refractivity (Wildman–Crippen MR) is 57.8 cm³/mol. The second kappa shape index (κ2) is 5.35. The van der Waals surface area contributed by atoms with Gasteiger partial charge in [0.05, 0.1) is 0 Å². The Morgan fingerprint density at radius 3 is 2.50 bits per heavy atom. The quantitative estimate of drug-likeness (QED) is 0.720. The fraction of sp³-hybridized carbons (Fsp3) is 0.909. The van der Waals surface area contributed by atoms with Crippen molar-refractivity contribution in [3.05, 3.63) is 0 Å². The normalized spacial score (nSPS) is 29.6. The second-order valence-corrected chi connectivity index (χ2v) is 4.71. The van der Waals surface area contributed by atoms with Crippen molar-refractivity contribution in [1.29, 1.82) is 0 Å². The molecule has 0 heterocycles. The molecular formula is C11H22N2O. The van der Waals surface area contributed by atoms with Crippen LogP contribution in [0, 0.1) is 5.92 Å². The van der Waals surface area contributed by atoms with E-state index in [9.17, 15) is 4.79 Å². The molecule has 1 rings (SSSR count). The van der Waals surface area contributed by atoms with Gasteiger partial charge in [0.25, 0.3) is 0 Å². The van der Waals surface area contributed by atoms with Crippen LogP contribution in [0.15, 0.2) is 0 Å². The zero-order valence-electron chi connectivity index (χ0n) is 9.25. The van der Waals surface area contributed by atoms with E-state index in [2.05, 4.69) is 12.2 Å². The second-order valence-electron chi connectivity index (χ2n) is 4.71. The van der Waals surface area contributed by atoms with Gasteiger partial charge >= 0.3 is 0 Å². The molecule has 3 nitrogen and oxygen atoms in total. The Labute approximate surface area is 86.4 Å². The van der Waals surface area contributed by atoms with Gasteiger partial charge in [-0.05, 0) is 38.5 Å². The molecule has 14 heavy (non-hydrogen) atoms. The van der Waals surface area contributed by atoms with E-state index in [0.29, 0.717) is 12.5 Å². The minimum absolute atomic E-state index is 0.0301. The molecule has 0 aromatic heterocycles. The lowest BCUT2D eigenvalue weighted by Crippen LogP contribution is -2.39. The fourth-order valence-electron chi connectivity index (χ4n) is 1.98. The predicted octanol–water partition coefficient (Wildman–Crippen LogP) is 1.42. The van der Waals surface area contributed by atoms with Gasteiger partial charge in [0.1, 0.15) is 0 Å². The summed E-state index contributed by atoms with van der Waals surface area (Å²) < 4.78 is 0. The lowest BCUT2D eigenvalue weighted by molar-refractivity contribution is -0.122. The molecule has 0 spiro atoms. The van der Waals surface area contributed by atoms with Crippen molar-refractivity contribution in [2.75, 3.05) is 0 Å². The highest BCUT2D eigenvalue weighted by molar-refractivity contribution is 5.76. The fourth-order valence-corrected chi connectivity index (χ4v) is 1.98. The SMILES string of the molecule is CC(N)CC(=O)NC1CCC(C)CC1. The zero-order chi connectivity index (χ0) is 10.6. The van der Waals surface area contributed by atoms with Gasteiger partial charge in [0.2, 0.25) is 5.91 Å². The molecule has 0 aromatic carbocycles. The van der Waals surface area contributed by atoms with E-state index in [1.165, 1.54) is 12.8 Å². The maximum Gasteiger partial charge on any atom is 0.221 e. The maximum absolute atomic E-state index is 11.4. The average Bonchev–Trinajstić information content (AvgIpc) is 2.07. The van der Waals surface area contributed by atoms with Crippen LogP contribution in [-0.4, -0.2) is 18.0 Å². The van der Waals surface area contributed by atoms with E-state index in [-0.39, 0.29) is 11.9 Å². The number of nitrogens with one attached hydrogen (secondary N) is 1. The summed E-state index contributed by atoms with van der Waals surface area (Å²) in [5.74, 6) is 0.941. The minimum atomic E-state index is -0.0301. The Bertz CT molecular complexity index is 184. The van der Waals surface area contributed by atoms with Crippen molar-refractivity contribution in [1.82, 2.24) is 5.32 Å². The highest BCUT2D eigenvalue weighted by Crippen LogP contribution is 2.23. The molecule has 0 aromatic rings. The van der Waals surface area contributed by atoms with Crippen LogP contribution in [0.4, 0.5) is 0 Å². The van der Waals surface area contributed by atoms with E-state index in [0.717, 1.165) is 18.8 Å². The number of hydrogen-bond donors (Lipinski definition) is 2. The number of carbonyl (C=O) groups excluding carboxylic acids is 1. The lowest BCUT2D eigenvalue weighted by atomic mass is 9.87. The maximum atomic E-state index is 11.4. The van der Waals surface area contributed by atoms with Crippen LogP contribution in [0.5, 0.6) is 0 Å². The van der Waals surface area contributed by atoms with Gasteiger partial charge in [0, 0.05) is 18.5 Å². The summed E-state index contributed by atoms with van der Waals surface area (Å²) in [7, 11) is 0. The molecule has 0 bridgehead atoms. The van der Waals surface area contributed by atoms with Crippen LogP contribution >= 0.6 is 0 Å². The molecule has 3 heteroatoms. The van der Waals surface area contributed by atoms with Crippen molar-refractivity contribution in [3.8, 4) is 0 Å². The Hall–Kier alpha value is -0.570. The van der Waals surface area contributed by atoms with E-state index in [1.807, 2.05) is 6.92 Å². The summed E-state index contributed by atoms with van der Waals surface area (Å²) in [6, 6.07) is 0.370. The Morgan fingerprint density at radius 2 is 2.00 bits per heavy atom. The van der Waals surface area contributed by atoms with Gasteiger partial charge in [-0.3, -0.25) is 4.79 Å². The summed E-state index contributed by atoms with van der Waals surface area (Å²) in [5, 5.41) is 3.05. The van der Waals surface area contributed by atoms with Crippen LogP contribution in [0.3, 0.4) is 0 Å². The van der Waals surface area contributed by atoms with E-state index in [1.54, 1.807) is 0 Å². The molecular weight excluding hydrogens is 176 g/mol. The van der Waals surface area contributed by atoms with Crippen molar-refractivity contribution in [3.63, 3.8) is 0 Å². The van der Waals surface area contributed by atoms with Crippen LogP contribution in [0.2, 0.25) is 0 Å². The third-order valence-electron chi connectivity index (χ3n) is 2.89. The first-order valence-corrected chi connectivity index (χ1v) is 5.63. The highest BCUT2D eigenvalue weighted by atomic mass is 16.1. The molecule has 1 aliphatic rings. The highest BCUT2D eigenvalue weighted by Gasteiger charge is 2.19. The van der Waals surface area contributed by atoms with Gasteiger partial charge in [0.15, 0.2) is 0 Å². The molecule has 82 valence electrons. The van der Waals surface area contributed by atoms with Gasteiger partial charge in [-0.2, -0.15) is 0 Å². The van der Waals surface area contributed by atoms with Crippen molar-refractivity contribution in [2.45, 2.75) is 58.0 Å². The number of rotatable bonds is 3. The first-order chi connectivity index (χ1) is 6.58. The monoisotopic (exact) mass is 198 g/mol. The average molecular weight is 198 g/mol. The van der Waals surface area contributed by atoms with Crippen LogP contribution in [-0.2, 0) is 4.79 Å². The third-order valence-corrected chi connectivity index (χ3v) is 2.89. The number of amides is 1. The Balaban J connectivity index is 2.20. The minimum Gasteiger partial charge on any atom is -0.353 e. The number of carbonyl (C=O) groups is 1. The van der Waals surface area contributed by atoms with E-state index >= 15 is 0 Å². The Kier molecular flexibility index (Phi) is 4.39. The standard InChI is InChI=1S/C11H22N2O/c1-8-3-5-10(6-4-8)13-11(14)7-9(2)12/h8-10H,3-7,12H2,1-2H3,(H,13,14). The first kappa shape index (κ1) is 11.5. The summed E-state index contributed by atoms with van der Waals surface area (Å²) in [6.45, 7) is 4.14. The zero-order valence-corrected chi connectivity index (χ0v) is 9.25. The molecule has 1 unspecified atom stereocenters. The van der Waals surface area contributed by atoms with Crippen molar-refractivity contribution in [2.24, 2.45) is 11.7 Å². The van der Waals surface area contributed by atoms with Gasteiger partial charge in [-0.25, -0.2) is 0 Å². The smallest absolute Gasteiger partial charge is 0.221 e. The van der Waals surface area contributed by atoms with Crippen LogP contribution in [0.25, 0.3) is 0 Å².